The average molecular weight is 247 g/mol. The van der Waals surface area contributed by atoms with Gasteiger partial charge in [-0.25, -0.2) is 4.98 Å². The largest absolute Gasteiger partial charge is 0.312 e. The lowest BCUT2D eigenvalue weighted by molar-refractivity contribution is 0.447. The molecule has 0 spiro atoms. The summed E-state index contributed by atoms with van der Waals surface area (Å²) in [7, 11) is 0. The van der Waals surface area contributed by atoms with Crippen molar-refractivity contribution in [2.24, 2.45) is 5.92 Å². The maximum atomic E-state index is 8.92. The Morgan fingerprint density at radius 2 is 2.29 bits per heavy atom. The van der Waals surface area contributed by atoms with Crippen LogP contribution in [0.15, 0.2) is 18.3 Å². The molecule has 3 nitrogen and oxygen atoms in total. The van der Waals surface area contributed by atoms with Crippen LogP contribution in [0.2, 0.25) is 0 Å². The maximum absolute atomic E-state index is 8.92. The standard InChI is InChI=1S/C13H17N3S/c14-8-13-12(2-1-5-16-13)10-15-9-11-3-6-17-7-4-11/h1-2,5,11,15H,3-4,6-7,9-10H2. The van der Waals surface area contributed by atoms with Crippen LogP contribution in [0.1, 0.15) is 24.1 Å². The van der Waals surface area contributed by atoms with Gasteiger partial charge in [0.15, 0.2) is 0 Å². The number of nitrogens with zero attached hydrogens (tertiary/aromatic N) is 2. The Morgan fingerprint density at radius 3 is 3.06 bits per heavy atom. The Balaban J connectivity index is 1.79. The highest BCUT2D eigenvalue weighted by Crippen LogP contribution is 2.21. The summed E-state index contributed by atoms with van der Waals surface area (Å²) in [5, 5.41) is 12.4. The van der Waals surface area contributed by atoms with Gasteiger partial charge in [-0.15, -0.1) is 0 Å². The zero-order chi connectivity index (χ0) is 11.9. The number of rotatable bonds is 4. The van der Waals surface area contributed by atoms with Gasteiger partial charge in [-0.05, 0) is 42.9 Å². The van der Waals surface area contributed by atoms with Gasteiger partial charge in [0.2, 0.25) is 0 Å². The third-order valence-corrected chi connectivity index (χ3v) is 4.14. The molecule has 0 saturated carbocycles. The van der Waals surface area contributed by atoms with Crippen molar-refractivity contribution in [3.05, 3.63) is 29.6 Å². The molecule has 1 aromatic rings. The number of pyridine rings is 1. The average Bonchev–Trinajstić information content (AvgIpc) is 2.40. The summed E-state index contributed by atoms with van der Waals surface area (Å²) in [5.41, 5.74) is 1.54. The summed E-state index contributed by atoms with van der Waals surface area (Å²) < 4.78 is 0. The molecule has 0 aromatic carbocycles. The molecular weight excluding hydrogens is 230 g/mol. The minimum Gasteiger partial charge on any atom is -0.312 e. The van der Waals surface area contributed by atoms with E-state index in [2.05, 4.69) is 28.1 Å². The number of hydrogen-bond acceptors (Lipinski definition) is 4. The predicted octanol–water partition coefficient (Wildman–Crippen LogP) is 2.19. The van der Waals surface area contributed by atoms with Gasteiger partial charge in [0.25, 0.3) is 0 Å². The van der Waals surface area contributed by atoms with Crippen molar-refractivity contribution in [3.63, 3.8) is 0 Å². The zero-order valence-corrected chi connectivity index (χ0v) is 10.7. The Morgan fingerprint density at radius 1 is 1.47 bits per heavy atom. The van der Waals surface area contributed by atoms with Crippen LogP contribution in [0, 0.1) is 17.2 Å². The summed E-state index contributed by atoms with van der Waals surface area (Å²) in [6.45, 7) is 1.81. The summed E-state index contributed by atoms with van der Waals surface area (Å²) in [6, 6.07) is 5.98. The fraction of sp³-hybridized carbons (Fsp3) is 0.538. The molecular formula is C13H17N3S. The van der Waals surface area contributed by atoms with Crippen LogP contribution in [0.25, 0.3) is 0 Å². The topological polar surface area (TPSA) is 48.7 Å². The molecule has 1 fully saturated rings. The second-order valence-electron chi connectivity index (χ2n) is 4.31. The molecule has 1 N–H and O–H groups in total. The van der Waals surface area contributed by atoms with E-state index in [0.717, 1.165) is 24.6 Å². The molecule has 2 rings (SSSR count). The van der Waals surface area contributed by atoms with Gasteiger partial charge in [0.05, 0.1) is 0 Å². The van der Waals surface area contributed by atoms with Gasteiger partial charge in [-0.3, -0.25) is 0 Å². The highest BCUT2D eigenvalue weighted by Gasteiger charge is 2.13. The van der Waals surface area contributed by atoms with E-state index in [-0.39, 0.29) is 0 Å². The van der Waals surface area contributed by atoms with E-state index < -0.39 is 0 Å². The number of nitriles is 1. The van der Waals surface area contributed by atoms with Crippen molar-refractivity contribution in [1.82, 2.24) is 10.3 Å². The normalized spacial score (nSPS) is 16.6. The molecule has 90 valence electrons. The van der Waals surface area contributed by atoms with Crippen molar-refractivity contribution in [1.29, 1.82) is 5.26 Å². The van der Waals surface area contributed by atoms with E-state index >= 15 is 0 Å². The third-order valence-electron chi connectivity index (χ3n) is 3.09. The fourth-order valence-electron chi connectivity index (χ4n) is 2.04. The molecule has 1 aromatic heterocycles. The molecule has 1 aliphatic rings. The molecule has 4 heteroatoms. The van der Waals surface area contributed by atoms with Gasteiger partial charge >= 0.3 is 0 Å². The highest BCUT2D eigenvalue weighted by molar-refractivity contribution is 7.99. The molecule has 1 aliphatic heterocycles. The number of nitrogens with one attached hydrogen (secondary N) is 1. The Bertz CT molecular complexity index is 394. The lowest BCUT2D eigenvalue weighted by atomic mass is 10.0. The lowest BCUT2D eigenvalue weighted by Gasteiger charge is -2.21. The van der Waals surface area contributed by atoms with E-state index in [1.165, 1.54) is 24.3 Å². The van der Waals surface area contributed by atoms with Crippen LogP contribution < -0.4 is 5.32 Å². The van der Waals surface area contributed by atoms with E-state index in [0.29, 0.717) is 5.69 Å². The molecule has 2 heterocycles. The first kappa shape index (κ1) is 12.4. The molecule has 0 bridgehead atoms. The van der Waals surface area contributed by atoms with Crippen LogP contribution in [0.5, 0.6) is 0 Å². The molecule has 0 amide bonds. The van der Waals surface area contributed by atoms with E-state index in [9.17, 15) is 0 Å². The van der Waals surface area contributed by atoms with Gasteiger partial charge in [-0.2, -0.15) is 17.0 Å². The molecule has 1 saturated heterocycles. The van der Waals surface area contributed by atoms with Crippen molar-refractivity contribution in [2.75, 3.05) is 18.1 Å². The smallest absolute Gasteiger partial charge is 0.144 e. The van der Waals surface area contributed by atoms with Crippen LogP contribution in [-0.2, 0) is 6.54 Å². The zero-order valence-electron chi connectivity index (χ0n) is 9.85. The van der Waals surface area contributed by atoms with Crippen molar-refractivity contribution in [3.8, 4) is 6.07 Å². The fourth-order valence-corrected chi connectivity index (χ4v) is 3.25. The van der Waals surface area contributed by atoms with E-state index in [1.807, 2.05) is 12.1 Å². The quantitative estimate of drug-likeness (QED) is 0.886. The van der Waals surface area contributed by atoms with Gasteiger partial charge in [0.1, 0.15) is 11.8 Å². The maximum Gasteiger partial charge on any atom is 0.144 e. The summed E-state index contributed by atoms with van der Waals surface area (Å²) in [6.07, 6.45) is 4.30. The monoisotopic (exact) mass is 247 g/mol. The lowest BCUT2D eigenvalue weighted by Crippen LogP contribution is -2.25. The minimum atomic E-state index is 0.541. The van der Waals surface area contributed by atoms with Crippen LogP contribution in [-0.4, -0.2) is 23.0 Å². The van der Waals surface area contributed by atoms with E-state index in [4.69, 9.17) is 5.26 Å². The van der Waals surface area contributed by atoms with Gasteiger partial charge in [0, 0.05) is 18.3 Å². The first-order chi connectivity index (χ1) is 8.40. The summed E-state index contributed by atoms with van der Waals surface area (Å²) in [4.78, 5) is 4.06. The Labute approximate surface area is 107 Å². The Hall–Kier alpha value is -1.05. The summed E-state index contributed by atoms with van der Waals surface area (Å²) in [5.74, 6) is 3.39. The first-order valence-electron chi connectivity index (χ1n) is 6.02. The van der Waals surface area contributed by atoms with Crippen molar-refractivity contribution < 1.29 is 0 Å². The van der Waals surface area contributed by atoms with E-state index in [1.54, 1.807) is 6.20 Å². The van der Waals surface area contributed by atoms with Gasteiger partial charge < -0.3 is 5.32 Å². The minimum absolute atomic E-state index is 0.541. The predicted molar refractivity (Wildman–Crippen MR) is 70.7 cm³/mol. The second-order valence-corrected chi connectivity index (χ2v) is 5.53. The van der Waals surface area contributed by atoms with Crippen LogP contribution in [0.4, 0.5) is 0 Å². The number of aromatic nitrogens is 1. The molecule has 0 radical (unpaired) electrons. The van der Waals surface area contributed by atoms with Crippen LogP contribution >= 0.6 is 11.8 Å². The Kier molecular flexibility index (Phi) is 4.84. The number of hydrogen-bond donors (Lipinski definition) is 1. The van der Waals surface area contributed by atoms with Crippen LogP contribution in [0.3, 0.4) is 0 Å². The van der Waals surface area contributed by atoms with Crippen molar-refractivity contribution in [2.45, 2.75) is 19.4 Å². The third kappa shape index (κ3) is 3.72. The SMILES string of the molecule is N#Cc1ncccc1CNCC1CCSCC1. The van der Waals surface area contributed by atoms with Crippen molar-refractivity contribution >= 4 is 11.8 Å². The van der Waals surface area contributed by atoms with Gasteiger partial charge in [-0.1, -0.05) is 6.07 Å². The summed E-state index contributed by atoms with van der Waals surface area (Å²) >= 11 is 2.05. The molecule has 0 aliphatic carbocycles. The number of thioether (sulfide) groups is 1. The molecule has 0 unspecified atom stereocenters. The highest BCUT2D eigenvalue weighted by atomic mass is 32.2. The molecule has 17 heavy (non-hydrogen) atoms. The second kappa shape index (κ2) is 6.63. The first-order valence-corrected chi connectivity index (χ1v) is 7.18. The molecule has 0 atom stereocenters.